The van der Waals surface area contributed by atoms with Crippen molar-refractivity contribution in [3.05, 3.63) is 18.9 Å². The van der Waals surface area contributed by atoms with Crippen molar-refractivity contribution in [3.63, 3.8) is 0 Å². The second-order valence-corrected chi connectivity index (χ2v) is 2.77. The van der Waals surface area contributed by atoms with E-state index in [1.807, 2.05) is 23.2 Å². The van der Waals surface area contributed by atoms with Gasteiger partial charge in [0.25, 0.3) is 0 Å². The van der Waals surface area contributed by atoms with Gasteiger partial charge in [0.15, 0.2) is 0 Å². The van der Waals surface area contributed by atoms with Gasteiger partial charge in [0, 0.05) is 0 Å². The summed E-state index contributed by atoms with van der Waals surface area (Å²) in [5.74, 6) is 0. The average Bonchev–Trinajstić information content (AvgIpc) is 2.34. The van der Waals surface area contributed by atoms with Crippen LogP contribution in [-0.2, 0) is 20.1 Å². The molecule has 0 bridgehead atoms. The van der Waals surface area contributed by atoms with Crippen LogP contribution in [0.2, 0.25) is 0 Å². The first-order valence-corrected chi connectivity index (χ1v) is 3.58. The monoisotopic (exact) mass is 217 g/mol. The Morgan fingerprint density at radius 1 is 1.40 bits per heavy atom. The van der Waals surface area contributed by atoms with Gasteiger partial charge in [0.2, 0.25) is 0 Å². The van der Waals surface area contributed by atoms with E-state index in [1.165, 1.54) is 6.33 Å². The molecular weight excluding hydrogens is 212 g/mol. The predicted octanol–water partition coefficient (Wildman–Crippen LogP) is 0.136. The maximum absolute atomic E-state index is 4.06. The molecule has 49 valence electrons. The Hall–Kier alpha value is -0.762. The fraction of sp³-hybridized carbons (Fsp3) is 0. The van der Waals surface area contributed by atoms with E-state index in [1.54, 1.807) is 12.5 Å². The number of hydrogen-bond donors (Lipinski definition) is 0. The minimum absolute atomic E-state index is 0.840. The molecule has 5 heteroatoms. The SMILES string of the molecule is [Mo][n]1cnc2cncnc21. The Morgan fingerprint density at radius 3 is 3.10 bits per heavy atom. The van der Waals surface area contributed by atoms with Crippen LogP contribution in [0.25, 0.3) is 11.2 Å². The molecule has 0 aliphatic carbocycles. The zero-order valence-electron chi connectivity index (χ0n) is 4.93. The molecule has 0 aromatic carbocycles. The van der Waals surface area contributed by atoms with Gasteiger partial charge in [0.1, 0.15) is 0 Å². The van der Waals surface area contributed by atoms with Gasteiger partial charge in [-0.25, -0.2) is 0 Å². The number of imidazole rings is 1. The van der Waals surface area contributed by atoms with Gasteiger partial charge >= 0.3 is 68.2 Å². The van der Waals surface area contributed by atoms with Crippen LogP contribution in [0.4, 0.5) is 0 Å². The summed E-state index contributed by atoms with van der Waals surface area (Å²) in [5.41, 5.74) is 1.72. The van der Waals surface area contributed by atoms with Gasteiger partial charge < -0.3 is 0 Å². The number of aromatic nitrogens is 4. The van der Waals surface area contributed by atoms with Crippen molar-refractivity contribution >= 4 is 11.2 Å². The van der Waals surface area contributed by atoms with Crippen LogP contribution in [0, 0.1) is 0 Å². The fourth-order valence-corrected chi connectivity index (χ4v) is 1.21. The second kappa shape index (κ2) is 2.13. The molecular formula is C5H3MoN4. The fourth-order valence-electron chi connectivity index (χ4n) is 0.746. The van der Waals surface area contributed by atoms with Crippen molar-refractivity contribution in [3.8, 4) is 0 Å². The van der Waals surface area contributed by atoms with Crippen molar-refractivity contribution in [2.45, 2.75) is 0 Å². The van der Waals surface area contributed by atoms with Crippen molar-refractivity contribution in [2.75, 3.05) is 0 Å². The molecule has 2 aromatic heterocycles. The van der Waals surface area contributed by atoms with Gasteiger partial charge in [-0.3, -0.25) is 0 Å². The van der Waals surface area contributed by atoms with E-state index in [-0.39, 0.29) is 0 Å². The molecule has 10 heavy (non-hydrogen) atoms. The van der Waals surface area contributed by atoms with Crippen LogP contribution in [0.5, 0.6) is 0 Å². The van der Waals surface area contributed by atoms with Crippen molar-refractivity contribution in [1.82, 2.24) is 18.1 Å². The molecule has 0 aliphatic rings. The van der Waals surface area contributed by atoms with Gasteiger partial charge in [-0.1, -0.05) is 0 Å². The molecule has 0 N–H and O–H groups in total. The zero-order chi connectivity index (χ0) is 6.97. The van der Waals surface area contributed by atoms with E-state index >= 15 is 0 Å². The summed E-state index contributed by atoms with van der Waals surface area (Å²) in [7, 11) is 0. The molecule has 0 radical (unpaired) electrons. The average molecular weight is 215 g/mol. The Labute approximate surface area is 68.5 Å². The standard InChI is InChI=1S/C5H3N4.Mo/c1-4-5(8-2-6-1)9-3-7-4;/h1-3H;/q-1;+1. The van der Waals surface area contributed by atoms with Gasteiger partial charge in [-0.05, 0) is 0 Å². The van der Waals surface area contributed by atoms with E-state index in [2.05, 4.69) is 15.0 Å². The molecule has 2 aromatic rings. The molecule has 0 spiro atoms. The molecule has 0 unspecified atom stereocenters. The maximum atomic E-state index is 4.06. The van der Waals surface area contributed by atoms with Crippen LogP contribution in [0.15, 0.2) is 18.9 Å². The molecule has 0 amide bonds. The third-order valence-electron chi connectivity index (χ3n) is 1.18. The first-order chi connectivity index (χ1) is 4.88. The summed E-state index contributed by atoms with van der Waals surface area (Å²) < 4.78 is 1.87. The van der Waals surface area contributed by atoms with Crippen molar-refractivity contribution in [2.24, 2.45) is 0 Å². The van der Waals surface area contributed by atoms with E-state index in [0.29, 0.717) is 0 Å². The molecule has 0 saturated carbocycles. The van der Waals surface area contributed by atoms with Crippen LogP contribution in [-0.4, -0.2) is 18.1 Å². The zero-order valence-corrected chi connectivity index (χ0v) is 6.94. The topological polar surface area (TPSA) is 43.6 Å². The summed E-state index contributed by atoms with van der Waals surface area (Å²) in [6.45, 7) is 0. The van der Waals surface area contributed by atoms with Crippen LogP contribution in [0.1, 0.15) is 0 Å². The Kier molecular flexibility index (Phi) is 1.27. The number of rotatable bonds is 0. The molecule has 0 saturated heterocycles. The van der Waals surface area contributed by atoms with E-state index in [4.69, 9.17) is 0 Å². The summed E-state index contributed by atoms with van der Waals surface area (Å²) >= 11 is 1.83. The molecule has 0 fully saturated rings. The third kappa shape index (κ3) is 0.761. The Morgan fingerprint density at radius 2 is 2.30 bits per heavy atom. The van der Waals surface area contributed by atoms with Gasteiger partial charge in [-0.15, -0.1) is 0 Å². The predicted molar refractivity (Wildman–Crippen MR) is 30.7 cm³/mol. The number of nitrogens with zero attached hydrogens (tertiary/aromatic N) is 4. The summed E-state index contributed by atoms with van der Waals surface area (Å²) in [5, 5.41) is 0. The molecule has 2 rings (SSSR count). The van der Waals surface area contributed by atoms with Crippen LogP contribution in [0.3, 0.4) is 0 Å². The Bertz CT molecular complexity index is 355. The summed E-state index contributed by atoms with van der Waals surface area (Å²) in [4.78, 5) is 11.9. The van der Waals surface area contributed by atoms with Gasteiger partial charge in [0.05, 0.1) is 0 Å². The van der Waals surface area contributed by atoms with Crippen molar-refractivity contribution in [1.29, 1.82) is 0 Å². The Balaban J connectivity index is 2.93. The summed E-state index contributed by atoms with van der Waals surface area (Å²) in [6, 6.07) is 0. The molecule has 0 aliphatic heterocycles. The van der Waals surface area contributed by atoms with E-state index in [9.17, 15) is 0 Å². The first kappa shape index (κ1) is 5.98. The second-order valence-electron chi connectivity index (χ2n) is 1.80. The van der Waals surface area contributed by atoms with Crippen LogP contribution < -0.4 is 0 Å². The number of fused-ring (bicyclic) bond motifs is 1. The summed E-state index contributed by atoms with van der Waals surface area (Å²) in [6.07, 6.45) is 4.94. The minimum atomic E-state index is 0.840. The third-order valence-corrected chi connectivity index (χ3v) is 1.84. The molecule has 2 heterocycles. The molecule has 4 nitrogen and oxygen atoms in total. The van der Waals surface area contributed by atoms with Gasteiger partial charge in [-0.2, -0.15) is 0 Å². The van der Waals surface area contributed by atoms with Crippen molar-refractivity contribution < 1.29 is 20.1 Å². The number of hydrogen-bond acceptors (Lipinski definition) is 3. The van der Waals surface area contributed by atoms with E-state index < -0.39 is 0 Å². The normalized spacial score (nSPS) is 10.4. The molecule has 0 atom stereocenters. The quantitative estimate of drug-likeness (QED) is 0.587. The van der Waals surface area contributed by atoms with E-state index in [0.717, 1.165) is 11.2 Å². The first-order valence-electron chi connectivity index (χ1n) is 2.68. The van der Waals surface area contributed by atoms with Crippen LogP contribution >= 0.6 is 0 Å².